The van der Waals surface area contributed by atoms with Crippen LogP contribution in [0.5, 0.6) is 0 Å². The normalized spacial score (nSPS) is 14.7. The summed E-state index contributed by atoms with van der Waals surface area (Å²) in [6.45, 7) is 0. The largest absolute Gasteiger partial charge is 0.327 e. The van der Waals surface area contributed by atoms with Crippen molar-refractivity contribution in [2.45, 2.75) is 24.8 Å². The Hall–Kier alpha value is -2.73. The molecule has 0 radical (unpaired) electrons. The average molecular weight is 367 g/mol. The number of urea groups is 1. The maximum atomic E-state index is 13.3. The van der Waals surface area contributed by atoms with Gasteiger partial charge >= 0.3 is 6.03 Å². The van der Waals surface area contributed by atoms with Gasteiger partial charge in [0.15, 0.2) is 5.13 Å². The third-order valence-electron chi connectivity index (χ3n) is 4.35. The van der Waals surface area contributed by atoms with Gasteiger partial charge < -0.3 is 5.32 Å². The van der Waals surface area contributed by atoms with Gasteiger partial charge in [-0.25, -0.2) is 14.2 Å². The maximum absolute atomic E-state index is 13.3. The molecule has 1 heterocycles. The first-order chi connectivity index (χ1) is 12.7. The molecule has 2 aromatic carbocycles. The van der Waals surface area contributed by atoms with E-state index in [9.17, 15) is 9.18 Å². The summed E-state index contributed by atoms with van der Waals surface area (Å²) in [5, 5.41) is 8.37. The van der Waals surface area contributed by atoms with Crippen LogP contribution in [0.2, 0.25) is 0 Å². The van der Waals surface area contributed by atoms with Crippen LogP contribution in [0.3, 0.4) is 0 Å². The zero-order chi connectivity index (χ0) is 17.9. The number of benzene rings is 2. The number of hydrogen-bond acceptors (Lipinski definition) is 3. The van der Waals surface area contributed by atoms with Crippen molar-refractivity contribution in [3.8, 4) is 0 Å². The second kappa shape index (κ2) is 7.25. The average Bonchev–Trinajstić information content (AvgIpc) is 3.41. The number of rotatable bonds is 5. The van der Waals surface area contributed by atoms with Crippen molar-refractivity contribution < 1.29 is 9.18 Å². The summed E-state index contributed by atoms with van der Waals surface area (Å²) in [4.78, 5) is 17.0. The molecule has 6 heteroatoms. The molecule has 1 aromatic heterocycles. The van der Waals surface area contributed by atoms with E-state index < -0.39 is 0 Å². The highest BCUT2D eigenvalue weighted by molar-refractivity contribution is 7.13. The monoisotopic (exact) mass is 367 g/mol. The molecule has 2 amide bonds. The predicted molar refractivity (Wildman–Crippen MR) is 101 cm³/mol. The summed E-state index contributed by atoms with van der Waals surface area (Å²) in [5.74, 6) is 0.251. The number of amides is 2. The fourth-order valence-electron chi connectivity index (χ4n) is 2.83. The minimum atomic E-state index is -0.375. The summed E-state index contributed by atoms with van der Waals surface area (Å²) in [7, 11) is 0. The predicted octanol–water partition coefficient (Wildman–Crippen LogP) is 5.07. The van der Waals surface area contributed by atoms with Crippen LogP contribution in [0, 0.1) is 5.82 Å². The Morgan fingerprint density at radius 2 is 1.77 bits per heavy atom. The van der Waals surface area contributed by atoms with Gasteiger partial charge in [0, 0.05) is 11.3 Å². The molecule has 0 saturated heterocycles. The lowest BCUT2D eigenvalue weighted by molar-refractivity contribution is 0.250. The smallest absolute Gasteiger partial charge is 0.321 e. The van der Waals surface area contributed by atoms with Gasteiger partial charge in [0.2, 0.25) is 0 Å². The Morgan fingerprint density at radius 3 is 2.46 bits per heavy atom. The van der Waals surface area contributed by atoms with Crippen molar-refractivity contribution in [3.05, 3.63) is 82.6 Å². The SMILES string of the molecule is O=C(Nc1nc(C2CC2)cs1)NC(c1ccccc1)c1ccc(F)cc1. The van der Waals surface area contributed by atoms with Gasteiger partial charge in [0.05, 0.1) is 11.7 Å². The molecule has 1 unspecified atom stereocenters. The van der Waals surface area contributed by atoms with E-state index in [2.05, 4.69) is 15.6 Å². The Balaban J connectivity index is 1.51. The van der Waals surface area contributed by atoms with Gasteiger partial charge in [0.25, 0.3) is 0 Å². The molecule has 1 aliphatic carbocycles. The molecule has 1 atom stereocenters. The van der Waals surface area contributed by atoms with E-state index in [-0.39, 0.29) is 17.9 Å². The van der Waals surface area contributed by atoms with Gasteiger partial charge in [-0.3, -0.25) is 5.32 Å². The molecule has 1 aliphatic rings. The van der Waals surface area contributed by atoms with Crippen LogP contribution in [0.4, 0.5) is 14.3 Å². The molecule has 2 N–H and O–H groups in total. The van der Waals surface area contributed by atoms with E-state index in [0.717, 1.165) is 16.8 Å². The lowest BCUT2D eigenvalue weighted by Crippen LogP contribution is -2.33. The molecular formula is C20H18FN3OS. The van der Waals surface area contributed by atoms with Crippen LogP contribution < -0.4 is 10.6 Å². The van der Waals surface area contributed by atoms with E-state index in [1.54, 1.807) is 12.1 Å². The van der Waals surface area contributed by atoms with Crippen molar-refractivity contribution in [2.75, 3.05) is 5.32 Å². The summed E-state index contributed by atoms with van der Waals surface area (Å²) < 4.78 is 13.3. The molecule has 26 heavy (non-hydrogen) atoms. The summed E-state index contributed by atoms with van der Waals surface area (Å²) in [5.41, 5.74) is 2.79. The first-order valence-electron chi connectivity index (χ1n) is 8.52. The van der Waals surface area contributed by atoms with Crippen LogP contribution in [0.1, 0.15) is 41.6 Å². The van der Waals surface area contributed by atoms with Crippen LogP contribution >= 0.6 is 11.3 Å². The van der Waals surface area contributed by atoms with Crippen molar-refractivity contribution >= 4 is 22.5 Å². The van der Waals surface area contributed by atoms with E-state index in [1.807, 2.05) is 35.7 Å². The van der Waals surface area contributed by atoms with Gasteiger partial charge in [-0.15, -0.1) is 11.3 Å². The second-order valence-electron chi connectivity index (χ2n) is 6.35. The summed E-state index contributed by atoms with van der Waals surface area (Å²) >= 11 is 1.43. The standard InChI is InChI=1S/C20H18FN3OS/c21-16-10-8-15(9-11-16)18(14-4-2-1-3-5-14)23-19(25)24-20-22-17(12-26-20)13-6-7-13/h1-5,8-13,18H,6-7H2,(H2,22,23,24,25). The fourth-order valence-corrected chi connectivity index (χ4v) is 3.62. The van der Waals surface area contributed by atoms with E-state index in [1.165, 1.54) is 36.3 Å². The van der Waals surface area contributed by atoms with E-state index in [4.69, 9.17) is 0 Å². The number of thiazole rings is 1. The third kappa shape index (κ3) is 3.91. The van der Waals surface area contributed by atoms with Gasteiger partial charge in [-0.2, -0.15) is 0 Å². The van der Waals surface area contributed by atoms with Crippen molar-refractivity contribution in [2.24, 2.45) is 0 Å². The maximum Gasteiger partial charge on any atom is 0.321 e. The van der Waals surface area contributed by atoms with E-state index >= 15 is 0 Å². The number of carbonyl (C=O) groups excluding carboxylic acids is 1. The molecule has 132 valence electrons. The minimum absolute atomic E-state index is 0.305. The highest BCUT2D eigenvalue weighted by Crippen LogP contribution is 2.40. The number of carbonyl (C=O) groups is 1. The lowest BCUT2D eigenvalue weighted by atomic mass is 9.99. The highest BCUT2D eigenvalue weighted by atomic mass is 32.1. The Kier molecular flexibility index (Phi) is 4.67. The van der Waals surface area contributed by atoms with Crippen LogP contribution in [-0.2, 0) is 0 Å². The minimum Gasteiger partial charge on any atom is -0.327 e. The second-order valence-corrected chi connectivity index (χ2v) is 7.20. The number of nitrogens with zero attached hydrogens (tertiary/aromatic N) is 1. The zero-order valence-corrected chi connectivity index (χ0v) is 14.8. The quantitative estimate of drug-likeness (QED) is 0.661. The first-order valence-corrected chi connectivity index (χ1v) is 9.40. The Morgan fingerprint density at radius 1 is 1.08 bits per heavy atom. The van der Waals surface area contributed by atoms with Gasteiger partial charge in [0.1, 0.15) is 5.82 Å². The van der Waals surface area contributed by atoms with Crippen molar-refractivity contribution in [3.63, 3.8) is 0 Å². The fraction of sp³-hybridized carbons (Fsp3) is 0.200. The molecular weight excluding hydrogens is 349 g/mol. The van der Waals surface area contributed by atoms with Crippen LogP contribution in [0.15, 0.2) is 60.0 Å². The van der Waals surface area contributed by atoms with Crippen LogP contribution in [0.25, 0.3) is 0 Å². The first kappa shape index (κ1) is 16.7. The highest BCUT2D eigenvalue weighted by Gasteiger charge is 2.26. The topological polar surface area (TPSA) is 54.0 Å². The molecule has 3 aromatic rings. The molecule has 0 aliphatic heterocycles. The zero-order valence-electron chi connectivity index (χ0n) is 14.0. The molecule has 1 fully saturated rings. The molecule has 0 bridgehead atoms. The molecule has 0 spiro atoms. The summed E-state index contributed by atoms with van der Waals surface area (Å²) in [6.07, 6.45) is 2.35. The number of halogens is 1. The van der Waals surface area contributed by atoms with Gasteiger partial charge in [-0.05, 0) is 36.1 Å². The summed E-state index contributed by atoms with van der Waals surface area (Å²) in [6, 6.07) is 15.1. The van der Waals surface area contributed by atoms with Crippen LogP contribution in [-0.4, -0.2) is 11.0 Å². The Bertz CT molecular complexity index is 891. The third-order valence-corrected chi connectivity index (χ3v) is 5.13. The Labute approximate surface area is 155 Å². The lowest BCUT2D eigenvalue weighted by Gasteiger charge is -2.19. The molecule has 4 nitrogen and oxygen atoms in total. The number of anilines is 1. The molecule has 4 rings (SSSR count). The number of nitrogens with one attached hydrogen (secondary N) is 2. The van der Waals surface area contributed by atoms with E-state index in [0.29, 0.717) is 11.0 Å². The number of hydrogen-bond donors (Lipinski definition) is 2. The van der Waals surface area contributed by atoms with Crippen molar-refractivity contribution in [1.82, 2.24) is 10.3 Å². The molecule has 1 saturated carbocycles. The van der Waals surface area contributed by atoms with Gasteiger partial charge in [-0.1, -0.05) is 42.5 Å². The van der Waals surface area contributed by atoms with Crippen molar-refractivity contribution in [1.29, 1.82) is 0 Å². The number of aromatic nitrogens is 1.